The molecule has 0 spiro atoms. The third-order valence-corrected chi connectivity index (χ3v) is 3.46. The molecule has 7 heteroatoms. The Morgan fingerprint density at radius 3 is 2.35 bits per heavy atom. The number of rotatable bonds is 5. The van der Waals surface area contributed by atoms with Crippen LogP contribution in [0.2, 0.25) is 0 Å². The van der Waals surface area contributed by atoms with Crippen molar-refractivity contribution in [3.63, 3.8) is 0 Å². The van der Waals surface area contributed by atoms with E-state index in [4.69, 9.17) is 10.8 Å². The first-order valence-electron chi connectivity index (χ1n) is 4.90. The lowest BCUT2D eigenvalue weighted by Gasteiger charge is -2.08. The zero-order valence-corrected chi connectivity index (χ0v) is 10.1. The minimum atomic E-state index is -3.66. The van der Waals surface area contributed by atoms with Gasteiger partial charge in [0.1, 0.15) is 0 Å². The summed E-state index contributed by atoms with van der Waals surface area (Å²) in [6, 6.07) is 5.23. The lowest BCUT2D eigenvalue weighted by molar-refractivity contribution is 0.1000. The van der Waals surface area contributed by atoms with Crippen LogP contribution in [-0.2, 0) is 10.0 Å². The number of primary amides is 1. The van der Waals surface area contributed by atoms with Crippen molar-refractivity contribution in [2.45, 2.75) is 17.9 Å². The van der Waals surface area contributed by atoms with Gasteiger partial charge in [0.2, 0.25) is 15.9 Å². The fourth-order valence-corrected chi connectivity index (χ4v) is 2.23. The number of benzene rings is 1. The zero-order chi connectivity index (χ0) is 13.1. The number of aliphatic hydroxyl groups is 1. The highest BCUT2D eigenvalue weighted by Gasteiger charge is 2.14. The quantitative estimate of drug-likeness (QED) is 0.658. The maximum Gasteiger partial charge on any atom is 0.248 e. The van der Waals surface area contributed by atoms with E-state index in [1.807, 2.05) is 0 Å². The monoisotopic (exact) mass is 258 g/mol. The minimum Gasteiger partial charge on any atom is -0.392 e. The normalized spacial score (nSPS) is 13.3. The summed E-state index contributed by atoms with van der Waals surface area (Å²) in [6.07, 6.45) is -0.769. The largest absolute Gasteiger partial charge is 0.392 e. The van der Waals surface area contributed by atoms with Gasteiger partial charge >= 0.3 is 0 Å². The first kappa shape index (κ1) is 13.6. The van der Waals surface area contributed by atoms with Crippen molar-refractivity contribution in [2.24, 2.45) is 5.73 Å². The molecule has 0 bridgehead atoms. The smallest absolute Gasteiger partial charge is 0.248 e. The Balaban J connectivity index is 2.89. The van der Waals surface area contributed by atoms with Crippen molar-refractivity contribution < 1.29 is 18.3 Å². The van der Waals surface area contributed by atoms with Gasteiger partial charge in [-0.3, -0.25) is 4.79 Å². The fourth-order valence-electron chi connectivity index (χ4n) is 1.11. The van der Waals surface area contributed by atoms with Crippen LogP contribution in [0, 0.1) is 0 Å². The van der Waals surface area contributed by atoms with Crippen LogP contribution < -0.4 is 10.5 Å². The van der Waals surface area contributed by atoms with Gasteiger partial charge in [0.05, 0.1) is 11.0 Å². The molecule has 0 aliphatic heterocycles. The molecular weight excluding hydrogens is 244 g/mol. The molecule has 17 heavy (non-hydrogen) atoms. The maximum absolute atomic E-state index is 11.7. The van der Waals surface area contributed by atoms with Gasteiger partial charge in [-0.05, 0) is 31.2 Å². The molecule has 0 saturated carbocycles. The van der Waals surface area contributed by atoms with Crippen LogP contribution in [-0.4, -0.2) is 32.1 Å². The van der Waals surface area contributed by atoms with Crippen molar-refractivity contribution in [3.8, 4) is 0 Å². The van der Waals surface area contributed by atoms with Crippen molar-refractivity contribution in [1.29, 1.82) is 0 Å². The summed E-state index contributed by atoms with van der Waals surface area (Å²) in [5.74, 6) is -0.620. The molecule has 6 nitrogen and oxygen atoms in total. The van der Waals surface area contributed by atoms with Gasteiger partial charge < -0.3 is 10.8 Å². The summed E-state index contributed by atoms with van der Waals surface area (Å²) in [5, 5.41) is 8.99. The Morgan fingerprint density at radius 2 is 1.94 bits per heavy atom. The highest BCUT2D eigenvalue weighted by atomic mass is 32.2. The lowest BCUT2D eigenvalue weighted by atomic mass is 10.2. The van der Waals surface area contributed by atoms with Gasteiger partial charge in [-0.1, -0.05) is 0 Å². The number of carbonyl (C=O) groups is 1. The maximum atomic E-state index is 11.7. The Labute approximate surface area is 99.5 Å². The average Bonchev–Trinajstić information content (AvgIpc) is 2.27. The van der Waals surface area contributed by atoms with Crippen LogP contribution in [0.4, 0.5) is 0 Å². The number of aliphatic hydroxyl groups excluding tert-OH is 1. The van der Waals surface area contributed by atoms with E-state index in [1.165, 1.54) is 31.2 Å². The first-order chi connectivity index (χ1) is 7.83. The molecule has 1 atom stereocenters. The second-order valence-electron chi connectivity index (χ2n) is 3.59. The first-order valence-corrected chi connectivity index (χ1v) is 6.39. The van der Waals surface area contributed by atoms with Gasteiger partial charge in [-0.2, -0.15) is 0 Å². The number of hydrogen-bond acceptors (Lipinski definition) is 4. The molecule has 0 aromatic heterocycles. The Morgan fingerprint density at radius 1 is 1.41 bits per heavy atom. The van der Waals surface area contributed by atoms with Crippen molar-refractivity contribution in [2.75, 3.05) is 6.54 Å². The summed E-state index contributed by atoms with van der Waals surface area (Å²) in [5.41, 5.74) is 5.27. The highest BCUT2D eigenvalue weighted by Crippen LogP contribution is 2.10. The van der Waals surface area contributed by atoms with E-state index in [-0.39, 0.29) is 17.0 Å². The second kappa shape index (κ2) is 5.26. The molecule has 4 N–H and O–H groups in total. The molecule has 1 amide bonds. The van der Waals surface area contributed by atoms with E-state index in [0.29, 0.717) is 0 Å². The van der Waals surface area contributed by atoms with Crippen LogP contribution in [0.25, 0.3) is 0 Å². The van der Waals surface area contributed by atoms with Crippen LogP contribution in [0.1, 0.15) is 17.3 Å². The molecule has 0 heterocycles. The minimum absolute atomic E-state index is 0.0168. The van der Waals surface area contributed by atoms with Crippen molar-refractivity contribution in [1.82, 2.24) is 4.72 Å². The predicted molar refractivity (Wildman–Crippen MR) is 61.8 cm³/mol. The third-order valence-electron chi connectivity index (χ3n) is 2.02. The van der Waals surface area contributed by atoms with Crippen molar-refractivity contribution in [3.05, 3.63) is 29.8 Å². The topological polar surface area (TPSA) is 109 Å². The average molecular weight is 258 g/mol. The molecule has 0 unspecified atom stereocenters. The van der Waals surface area contributed by atoms with E-state index in [1.54, 1.807) is 0 Å². The molecular formula is C10H14N2O4S. The summed E-state index contributed by atoms with van der Waals surface area (Å²) in [6.45, 7) is 1.40. The molecule has 94 valence electrons. The van der Waals surface area contributed by atoms with Gasteiger partial charge in [0.25, 0.3) is 0 Å². The number of amides is 1. The summed E-state index contributed by atoms with van der Waals surface area (Å²) < 4.78 is 25.6. The van der Waals surface area contributed by atoms with Gasteiger partial charge in [-0.15, -0.1) is 0 Å². The summed E-state index contributed by atoms with van der Waals surface area (Å²) in [7, 11) is -3.66. The predicted octanol–water partition coefficient (Wildman–Crippen LogP) is -0.555. The van der Waals surface area contributed by atoms with E-state index < -0.39 is 22.0 Å². The molecule has 1 rings (SSSR count). The molecule has 1 aromatic rings. The third kappa shape index (κ3) is 3.81. The van der Waals surface area contributed by atoms with Crippen molar-refractivity contribution >= 4 is 15.9 Å². The van der Waals surface area contributed by atoms with Crippen LogP contribution in [0.3, 0.4) is 0 Å². The van der Waals surface area contributed by atoms with Crippen LogP contribution in [0.15, 0.2) is 29.2 Å². The van der Waals surface area contributed by atoms with Gasteiger partial charge in [0, 0.05) is 12.1 Å². The molecule has 0 saturated heterocycles. The molecule has 0 radical (unpaired) electrons. The summed E-state index contributed by atoms with van der Waals surface area (Å²) in [4.78, 5) is 10.8. The second-order valence-corrected chi connectivity index (χ2v) is 5.36. The Bertz CT molecular complexity index is 494. The fraction of sp³-hybridized carbons (Fsp3) is 0.300. The number of nitrogens with two attached hydrogens (primary N) is 1. The van der Waals surface area contributed by atoms with Gasteiger partial charge in [0.15, 0.2) is 0 Å². The number of carbonyl (C=O) groups excluding carboxylic acids is 1. The van der Waals surface area contributed by atoms with Gasteiger partial charge in [-0.25, -0.2) is 13.1 Å². The lowest BCUT2D eigenvalue weighted by Crippen LogP contribution is -2.30. The molecule has 0 fully saturated rings. The van der Waals surface area contributed by atoms with Crippen LogP contribution in [0.5, 0.6) is 0 Å². The molecule has 0 aliphatic carbocycles. The Kier molecular flexibility index (Phi) is 4.22. The molecule has 0 aliphatic rings. The van der Waals surface area contributed by atoms with Crippen LogP contribution >= 0.6 is 0 Å². The SMILES string of the molecule is C[C@H](O)CNS(=O)(=O)c1ccc(C(N)=O)cc1. The van der Waals surface area contributed by atoms with E-state index in [9.17, 15) is 13.2 Å². The standard InChI is InChI=1S/C10H14N2O4S/c1-7(13)6-12-17(15,16)9-4-2-8(3-5-9)10(11)14/h2-5,7,12-13H,6H2,1H3,(H2,11,14)/t7-/m0/s1. The highest BCUT2D eigenvalue weighted by molar-refractivity contribution is 7.89. The van der Waals surface area contributed by atoms with E-state index in [0.717, 1.165) is 0 Å². The van der Waals surface area contributed by atoms with E-state index in [2.05, 4.69) is 4.72 Å². The number of sulfonamides is 1. The molecule has 1 aromatic carbocycles. The number of nitrogens with one attached hydrogen (secondary N) is 1. The Hall–Kier alpha value is -1.44. The summed E-state index contributed by atoms with van der Waals surface area (Å²) >= 11 is 0. The zero-order valence-electron chi connectivity index (χ0n) is 9.25. The number of hydrogen-bond donors (Lipinski definition) is 3. The van der Waals surface area contributed by atoms with E-state index >= 15 is 0 Å².